The molecule has 0 aliphatic heterocycles. The average Bonchev–Trinajstić information content (AvgIpc) is 2.80. The molecule has 0 aromatic rings. The molecular formula is C12H20N2O2. The van der Waals surface area contributed by atoms with Crippen molar-refractivity contribution in [1.82, 2.24) is 0 Å². The highest BCUT2D eigenvalue weighted by molar-refractivity contribution is 5.96. The highest BCUT2D eigenvalue weighted by Crippen LogP contribution is 2.23. The van der Waals surface area contributed by atoms with E-state index in [0.717, 1.165) is 31.9 Å². The summed E-state index contributed by atoms with van der Waals surface area (Å²) in [6.07, 6.45) is 5.42. The van der Waals surface area contributed by atoms with E-state index in [0.29, 0.717) is 5.57 Å². The molecule has 1 amide bonds. The second kappa shape index (κ2) is 7.68. The lowest BCUT2D eigenvalue weighted by molar-refractivity contribution is -0.118. The van der Waals surface area contributed by atoms with Gasteiger partial charge in [-0.2, -0.15) is 0 Å². The van der Waals surface area contributed by atoms with Gasteiger partial charge in [-0.05, 0) is 32.6 Å². The van der Waals surface area contributed by atoms with Gasteiger partial charge in [0.15, 0.2) is 5.76 Å². The Morgan fingerprint density at radius 3 is 2.31 bits per heavy atom. The summed E-state index contributed by atoms with van der Waals surface area (Å²) in [5.74, 6) is -0.440. The van der Waals surface area contributed by atoms with Crippen molar-refractivity contribution >= 4 is 12.1 Å². The maximum atomic E-state index is 11.0. The number of primary amides is 1. The molecule has 0 unspecified atom stereocenters. The van der Waals surface area contributed by atoms with Gasteiger partial charge in [-0.25, -0.2) is 0 Å². The fraction of sp³-hybridized carbons (Fsp3) is 0.500. The molecule has 1 rings (SSSR count). The van der Waals surface area contributed by atoms with Crippen LogP contribution in [0.3, 0.4) is 0 Å². The molecule has 90 valence electrons. The van der Waals surface area contributed by atoms with E-state index >= 15 is 0 Å². The van der Waals surface area contributed by atoms with Crippen LogP contribution < -0.4 is 5.73 Å². The quantitative estimate of drug-likeness (QED) is 0.332. The Morgan fingerprint density at radius 1 is 1.44 bits per heavy atom. The summed E-state index contributed by atoms with van der Waals surface area (Å²) in [7, 11) is 0. The van der Waals surface area contributed by atoms with E-state index in [1.54, 1.807) is 6.92 Å². The van der Waals surface area contributed by atoms with E-state index in [4.69, 9.17) is 15.9 Å². The second-order valence-corrected chi connectivity index (χ2v) is 3.55. The average molecular weight is 224 g/mol. The third-order valence-electron chi connectivity index (χ3n) is 2.39. The summed E-state index contributed by atoms with van der Waals surface area (Å²) in [5, 5.41) is 7.04. The van der Waals surface area contributed by atoms with Crippen LogP contribution in [0, 0.1) is 5.41 Å². The Kier molecular flexibility index (Phi) is 6.92. The van der Waals surface area contributed by atoms with Gasteiger partial charge in [0.1, 0.15) is 0 Å². The van der Waals surface area contributed by atoms with Crippen molar-refractivity contribution in [2.24, 2.45) is 5.73 Å². The van der Waals surface area contributed by atoms with Gasteiger partial charge in [0.05, 0.1) is 6.10 Å². The summed E-state index contributed by atoms with van der Waals surface area (Å²) in [4.78, 5) is 11.0. The van der Waals surface area contributed by atoms with Crippen LogP contribution in [0.4, 0.5) is 0 Å². The van der Waals surface area contributed by atoms with E-state index < -0.39 is 5.91 Å². The standard InChI is InChI=1S/C10H16N2O2.C2H4/c1-7(6-11)9(10(12)13)14-8-4-2-3-5-8;1-2/h6,8,11H,2-5H2,1H3,(H2,12,13);1-2H2/b9-7+,11-6?;. The van der Waals surface area contributed by atoms with Gasteiger partial charge in [0.2, 0.25) is 0 Å². The number of amides is 1. The number of carbonyl (C=O) groups excluding carboxylic acids is 1. The molecule has 1 fully saturated rings. The minimum atomic E-state index is -0.585. The summed E-state index contributed by atoms with van der Waals surface area (Å²) in [6.45, 7) is 7.65. The van der Waals surface area contributed by atoms with Gasteiger partial charge in [-0.3, -0.25) is 4.79 Å². The lowest BCUT2D eigenvalue weighted by Gasteiger charge is -2.14. The van der Waals surface area contributed by atoms with Crippen LogP contribution in [0.2, 0.25) is 0 Å². The van der Waals surface area contributed by atoms with Gasteiger partial charge in [-0.1, -0.05) is 0 Å². The molecule has 3 N–H and O–H groups in total. The molecule has 16 heavy (non-hydrogen) atoms. The van der Waals surface area contributed by atoms with Crippen molar-refractivity contribution in [1.29, 1.82) is 5.41 Å². The highest BCUT2D eigenvalue weighted by atomic mass is 16.5. The number of carbonyl (C=O) groups is 1. The zero-order chi connectivity index (χ0) is 12.6. The van der Waals surface area contributed by atoms with Crippen molar-refractivity contribution in [2.45, 2.75) is 38.7 Å². The number of hydrogen-bond donors (Lipinski definition) is 2. The normalized spacial score (nSPS) is 16.8. The number of nitrogens with one attached hydrogen (secondary N) is 1. The Hall–Kier alpha value is -1.58. The van der Waals surface area contributed by atoms with Crippen LogP contribution >= 0.6 is 0 Å². The van der Waals surface area contributed by atoms with Crippen LogP contribution in [0.5, 0.6) is 0 Å². The molecular weight excluding hydrogens is 204 g/mol. The Balaban J connectivity index is 0.00000106. The topological polar surface area (TPSA) is 76.2 Å². The number of nitrogens with two attached hydrogens (primary N) is 1. The zero-order valence-electron chi connectivity index (χ0n) is 9.79. The zero-order valence-corrected chi connectivity index (χ0v) is 9.79. The minimum absolute atomic E-state index is 0.104. The monoisotopic (exact) mass is 224 g/mol. The maximum Gasteiger partial charge on any atom is 0.284 e. The SMILES string of the molecule is C/C(C=N)=C(\OC1CCCC1)C(N)=O.C=C. The molecule has 0 heterocycles. The fourth-order valence-electron chi connectivity index (χ4n) is 1.58. The van der Waals surface area contributed by atoms with Crippen molar-refractivity contribution in [3.05, 3.63) is 24.5 Å². The largest absolute Gasteiger partial charge is 0.484 e. The molecule has 0 aromatic heterocycles. The third-order valence-corrected chi connectivity index (χ3v) is 2.39. The molecule has 1 aliphatic rings. The smallest absolute Gasteiger partial charge is 0.284 e. The van der Waals surface area contributed by atoms with Crippen molar-refractivity contribution in [3.63, 3.8) is 0 Å². The molecule has 0 atom stereocenters. The van der Waals surface area contributed by atoms with E-state index in [-0.39, 0.29) is 11.9 Å². The lowest BCUT2D eigenvalue weighted by Crippen LogP contribution is -2.21. The molecule has 0 radical (unpaired) electrons. The number of rotatable bonds is 4. The van der Waals surface area contributed by atoms with Gasteiger partial charge >= 0.3 is 0 Å². The van der Waals surface area contributed by atoms with E-state index in [2.05, 4.69) is 13.2 Å². The predicted molar refractivity (Wildman–Crippen MR) is 65.3 cm³/mol. The van der Waals surface area contributed by atoms with Crippen LogP contribution in [-0.2, 0) is 9.53 Å². The van der Waals surface area contributed by atoms with Gasteiger partial charge in [-0.15, -0.1) is 13.2 Å². The number of hydrogen-bond acceptors (Lipinski definition) is 3. The second-order valence-electron chi connectivity index (χ2n) is 3.55. The summed E-state index contributed by atoms with van der Waals surface area (Å²) >= 11 is 0. The van der Waals surface area contributed by atoms with Gasteiger partial charge in [0.25, 0.3) is 5.91 Å². The first-order valence-corrected chi connectivity index (χ1v) is 5.33. The molecule has 1 saturated carbocycles. The predicted octanol–water partition coefficient (Wildman–Crippen LogP) is 2.16. The van der Waals surface area contributed by atoms with Crippen LogP contribution in [0.15, 0.2) is 24.5 Å². The Morgan fingerprint density at radius 2 is 1.94 bits per heavy atom. The molecule has 0 saturated heterocycles. The van der Waals surface area contributed by atoms with Crippen molar-refractivity contribution in [3.8, 4) is 0 Å². The van der Waals surface area contributed by atoms with E-state index in [1.165, 1.54) is 0 Å². The molecule has 4 nitrogen and oxygen atoms in total. The Bertz CT molecular complexity index is 279. The van der Waals surface area contributed by atoms with Crippen molar-refractivity contribution in [2.75, 3.05) is 0 Å². The molecule has 0 aromatic carbocycles. The van der Waals surface area contributed by atoms with Crippen molar-refractivity contribution < 1.29 is 9.53 Å². The first-order chi connectivity index (χ1) is 7.65. The lowest BCUT2D eigenvalue weighted by atomic mass is 10.2. The fourth-order valence-corrected chi connectivity index (χ4v) is 1.58. The minimum Gasteiger partial charge on any atom is -0.484 e. The molecule has 0 spiro atoms. The van der Waals surface area contributed by atoms with Gasteiger partial charge < -0.3 is 15.9 Å². The summed E-state index contributed by atoms with van der Waals surface area (Å²) in [6, 6.07) is 0. The van der Waals surface area contributed by atoms with Crippen LogP contribution in [-0.4, -0.2) is 18.2 Å². The van der Waals surface area contributed by atoms with E-state index in [1.807, 2.05) is 0 Å². The molecule has 0 bridgehead atoms. The molecule has 4 heteroatoms. The maximum absolute atomic E-state index is 11.0. The Labute approximate surface area is 96.7 Å². The summed E-state index contributed by atoms with van der Waals surface area (Å²) < 4.78 is 5.48. The van der Waals surface area contributed by atoms with Crippen LogP contribution in [0.1, 0.15) is 32.6 Å². The number of allylic oxidation sites excluding steroid dienone is 1. The molecule has 1 aliphatic carbocycles. The van der Waals surface area contributed by atoms with Crippen LogP contribution in [0.25, 0.3) is 0 Å². The summed E-state index contributed by atoms with van der Waals surface area (Å²) in [5.41, 5.74) is 5.66. The van der Waals surface area contributed by atoms with Gasteiger partial charge in [0, 0.05) is 11.8 Å². The first-order valence-electron chi connectivity index (χ1n) is 5.33. The highest BCUT2D eigenvalue weighted by Gasteiger charge is 2.20. The first kappa shape index (κ1) is 14.4. The van der Waals surface area contributed by atoms with E-state index in [9.17, 15) is 4.79 Å². The number of ether oxygens (including phenoxy) is 1. The third kappa shape index (κ3) is 4.29.